The van der Waals surface area contributed by atoms with Crippen LogP contribution in [0.2, 0.25) is 5.02 Å². The van der Waals surface area contributed by atoms with Gasteiger partial charge >= 0.3 is 7.12 Å². The maximum absolute atomic E-state index is 13.2. The van der Waals surface area contributed by atoms with Gasteiger partial charge in [-0.1, -0.05) is 48.0 Å². The number of hydrogen-bond acceptors (Lipinski definition) is 8. The topological polar surface area (TPSA) is 118 Å². The van der Waals surface area contributed by atoms with E-state index in [0.717, 1.165) is 28.1 Å². The maximum atomic E-state index is 13.2. The second-order valence-electron chi connectivity index (χ2n) is 9.67. The molecule has 2 aliphatic rings. The number of carbonyl (C=O) groups is 1. The lowest BCUT2D eigenvalue weighted by Crippen LogP contribution is -2.47. The molecule has 0 saturated carbocycles. The van der Waals surface area contributed by atoms with Gasteiger partial charge in [-0.2, -0.15) is 0 Å². The number of rotatable bonds is 8. The van der Waals surface area contributed by atoms with Gasteiger partial charge in [0.15, 0.2) is 0 Å². The second-order valence-corrected chi connectivity index (χ2v) is 10.1. The van der Waals surface area contributed by atoms with E-state index < -0.39 is 13.2 Å². The number of benzene rings is 3. The van der Waals surface area contributed by atoms with Crippen molar-refractivity contribution in [3.05, 3.63) is 88.4 Å². The number of halogens is 1. The molecule has 1 fully saturated rings. The van der Waals surface area contributed by atoms with Crippen LogP contribution in [0.5, 0.6) is 5.75 Å². The van der Waals surface area contributed by atoms with E-state index in [1.165, 1.54) is 0 Å². The predicted molar refractivity (Wildman–Crippen MR) is 153 cm³/mol. The van der Waals surface area contributed by atoms with Crippen LogP contribution >= 0.6 is 11.6 Å². The summed E-state index contributed by atoms with van der Waals surface area (Å²) in [6.45, 7) is 2.47. The lowest BCUT2D eigenvalue weighted by molar-refractivity contribution is -0.121. The van der Waals surface area contributed by atoms with Crippen molar-refractivity contribution in [2.24, 2.45) is 4.99 Å². The number of hydrazine groups is 1. The maximum Gasteiger partial charge on any atom is 0.488 e. The van der Waals surface area contributed by atoms with Crippen molar-refractivity contribution in [2.45, 2.75) is 38.1 Å². The van der Waals surface area contributed by atoms with E-state index in [-0.39, 0.29) is 24.7 Å². The zero-order valence-corrected chi connectivity index (χ0v) is 22.5. The summed E-state index contributed by atoms with van der Waals surface area (Å²) in [5.41, 5.74) is 11.5. The van der Waals surface area contributed by atoms with Gasteiger partial charge in [0.1, 0.15) is 11.9 Å². The fourth-order valence-electron chi connectivity index (χ4n) is 5.10. The molecule has 11 heteroatoms. The van der Waals surface area contributed by atoms with Crippen LogP contribution in [0.3, 0.4) is 0 Å². The Bertz CT molecular complexity index is 1370. The highest BCUT2D eigenvalue weighted by molar-refractivity contribution is 6.58. The molecule has 0 radical (unpaired) electrons. The molecule has 3 aromatic carbocycles. The minimum Gasteiger partial charge on any atom is -0.497 e. The molecule has 3 unspecified atom stereocenters. The summed E-state index contributed by atoms with van der Waals surface area (Å²) < 4.78 is 5.54. The minimum atomic E-state index is -1.52. The highest BCUT2D eigenvalue weighted by Gasteiger charge is 2.40. The summed E-state index contributed by atoms with van der Waals surface area (Å²) in [6, 6.07) is 20.1. The lowest BCUT2D eigenvalue weighted by Gasteiger charge is -2.31. The van der Waals surface area contributed by atoms with Crippen LogP contribution in [-0.4, -0.2) is 60.8 Å². The van der Waals surface area contributed by atoms with Gasteiger partial charge in [0.05, 0.1) is 31.4 Å². The number of fused-ring (bicyclic) bond motifs is 3. The number of nitrogens with one attached hydrogen (secondary N) is 3. The summed E-state index contributed by atoms with van der Waals surface area (Å²) in [4.78, 5) is 20.5. The number of aliphatic imine (C=N–C) groups is 1. The molecular formula is C28H31BClN5O4. The van der Waals surface area contributed by atoms with Crippen molar-refractivity contribution in [1.29, 1.82) is 0 Å². The molecule has 5 rings (SSSR count). The van der Waals surface area contributed by atoms with Crippen LogP contribution in [0.15, 0.2) is 71.7 Å². The highest BCUT2D eigenvalue weighted by atomic mass is 35.5. The number of amides is 1. The molecule has 0 bridgehead atoms. The fraction of sp³-hybridized carbons (Fsp3) is 0.286. The zero-order chi connectivity index (χ0) is 27.5. The Labute approximate surface area is 233 Å². The third kappa shape index (κ3) is 5.95. The molecule has 0 aliphatic carbocycles. The molecule has 2 heterocycles. The Hall–Kier alpha value is -3.41. The number of hydrogen-bond donors (Lipinski definition) is 5. The van der Waals surface area contributed by atoms with Crippen molar-refractivity contribution in [3.8, 4) is 5.75 Å². The summed E-state index contributed by atoms with van der Waals surface area (Å²) in [5, 5.41) is 22.5. The highest BCUT2D eigenvalue weighted by Crippen LogP contribution is 2.36. The number of carbonyl (C=O) groups excluding carboxylic acids is 1. The largest absolute Gasteiger partial charge is 0.497 e. The number of anilines is 1. The molecule has 1 saturated heterocycles. The van der Waals surface area contributed by atoms with Gasteiger partial charge in [-0.3, -0.25) is 9.79 Å². The van der Waals surface area contributed by atoms with E-state index in [0.29, 0.717) is 29.2 Å². The Morgan fingerprint density at radius 3 is 2.67 bits per heavy atom. The zero-order valence-electron chi connectivity index (χ0n) is 21.8. The Balaban J connectivity index is 1.41. The van der Waals surface area contributed by atoms with E-state index in [2.05, 4.69) is 28.0 Å². The number of nitrogens with zero attached hydrogens (tertiary/aromatic N) is 2. The van der Waals surface area contributed by atoms with Crippen molar-refractivity contribution < 1.29 is 19.6 Å². The van der Waals surface area contributed by atoms with Crippen molar-refractivity contribution in [2.75, 3.05) is 18.6 Å². The van der Waals surface area contributed by atoms with Crippen LogP contribution < -0.4 is 31.3 Å². The van der Waals surface area contributed by atoms with Crippen LogP contribution in [0.4, 0.5) is 5.69 Å². The van der Waals surface area contributed by atoms with Gasteiger partial charge < -0.3 is 25.0 Å². The molecule has 3 atom stereocenters. The SMILES string of the molecule is COc1ccc2c(c1)C(c1ccc(Cl)cc1)=NC(CC(=O)NCCc1cccc(B(O)O)c1)C1NNC(C)N21. The predicted octanol–water partition coefficient (Wildman–Crippen LogP) is 1.58. The van der Waals surface area contributed by atoms with Gasteiger partial charge in [0, 0.05) is 28.4 Å². The second kappa shape index (κ2) is 11.8. The van der Waals surface area contributed by atoms with Gasteiger partial charge in [-0.15, -0.1) is 0 Å². The number of methoxy groups -OCH3 is 1. The third-order valence-electron chi connectivity index (χ3n) is 7.05. The summed E-state index contributed by atoms with van der Waals surface area (Å²) >= 11 is 6.18. The standard InChI is InChI=1S/C28H31BClN5O4/c1-17-33-34-28-24(16-26(36)31-13-12-18-4-3-5-20(14-18)29(37)38)32-27(19-6-8-21(30)9-7-19)23-15-22(39-2)10-11-25(23)35(17)28/h3-11,14-15,17,24,28,33-34,37-38H,12-13,16H2,1-2H3,(H,31,36). The van der Waals surface area contributed by atoms with Crippen LogP contribution in [0.1, 0.15) is 30.0 Å². The number of ether oxygens (including phenoxy) is 1. The fourth-order valence-corrected chi connectivity index (χ4v) is 5.23. The molecule has 9 nitrogen and oxygen atoms in total. The van der Waals surface area contributed by atoms with E-state index in [1.54, 1.807) is 25.3 Å². The van der Waals surface area contributed by atoms with Crippen molar-refractivity contribution in [3.63, 3.8) is 0 Å². The quantitative estimate of drug-likeness (QED) is 0.272. The minimum absolute atomic E-state index is 0.0402. The smallest absolute Gasteiger partial charge is 0.488 e. The Morgan fingerprint density at radius 2 is 1.92 bits per heavy atom. The van der Waals surface area contributed by atoms with Crippen molar-refractivity contribution in [1.82, 2.24) is 16.2 Å². The Morgan fingerprint density at radius 1 is 1.13 bits per heavy atom. The molecule has 0 spiro atoms. The first kappa shape index (κ1) is 27.2. The molecular weight excluding hydrogens is 517 g/mol. The first-order chi connectivity index (χ1) is 18.8. The van der Waals surface area contributed by atoms with Crippen LogP contribution in [0, 0.1) is 0 Å². The average Bonchev–Trinajstić information content (AvgIpc) is 3.26. The van der Waals surface area contributed by atoms with Gasteiger partial charge in [0.2, 0.25) is 5.91 Å². The van der Waals surface area contributed by atoms with Gasteiger partial charge in [-0.05, 0) is 54.7 Å². The van der Waals surface area contributed by atoms with Gasteiger partial charge in [0.25, 0.3) is 0 Å². The lowest BCUT2D eigenvalue weighted by atomic mass is 9.79. The average molecular weight is 548 g/mol. The molecule has 5 N–H and O–H groups in total. The summed E-state index contributed by atoms with van der Waals surface area (Å²) in [7, 11) is 0.112. The molecule has 39 heavy (non-hydrogen) atoms. The normalized spacial score (nSPS) is 20.0. The van der Waals surface area contributed by atoms with Crippen LogP contribution in [0.25, 0.3) is 0 Å². The summed E-state index contributed by atoms with van der Waals surface area (Å²) in [5.74, 6) is 0.594. The summed E-state index contributed by atoms with van der Waals surface area (Å²) in [6.07, 6.45) is 0.431. The molecule has 1 amide bonds. The van der Waals surface area contributed by atoms with E-state index in [4.69, 9.17) is 21.3 Å². The molecule has 2 aliphatic heterocycles. The molecule has 3 aromatic rings. The molecule has 202 valence electrons. The van der Waals surface area contributed by atoms with E-state index in [1.807, 2.05) is 48.5 Å². The third-order valence-corrected chi connectivity index (χ3v) is 7.30. The first-order valence-electron chi connectivity index (χ1n) is 12.9. The van der Waals surface area contributed by atoms with Gasteiger partial charge in [-0.25, -0.2) is 10.9 Å². The van der Waals surface area contributed by atoms with E-state index >= 15 is 0 Å². The first-order valence-corrected chi connectivity index (χ1v) is 13.2. The van der Waals surface area contributed by atoms with Crippen molar-refractivity contribution >= 4 is 41.5 Å². The van der Waals surface area contributed by atoms with E-state index in [9.17, 15) is 14.8 Å². The monoisotopic (exact) mass is 547 g/mol. The molecule has 0 aromatic heterocycles. The Kier molecular flexibility index (Phi) is 8.20. The van der Waals surface area contributed by atoms with Crippen LogP contribution in [-0.2, 0) is 11.2 Å².